The molecule has 0 aliphatic heterocycles. The van der Waals surface area contributed by atoms with Crippen LogP contribution in [0.1, 0.15) is 6.92 Å². The molecule has 0 fully saturated rings. The van der Waals surface area contributed by atoms with Crippen molar-refractivity contribution in [1.29, 1.82) is 0 Å². The third kappa shape index (κ3) is 5.38. The first-order valence-electron chi connectivity index (χ1n) is 4.27. The number of hydrogen-bond donors (Lipinski definition) is 2. The topological polar surface area (TPSA) is 50.4 Å². The van der Waals surface area contributed by atoms with Gasteiger partial charge in [-0.25, -0.2) is 4.79 Å². The Morgan fingerprint density at radius 2 is 1.85 bits per heavy atom. The van der Waals surface area contributed by atoms with Crippen LogP contribution in [0.2, 0.25) is 0 Å². The van der Waals surface area contributed by atoms with Crippen LogP contribution in [0.3, 0.4) is 0 Å². The van der Waals surface area contributed by atoms with Crippen molar-refractivity contribution in [1.82, 2.24) is 10.6 Å². The lowest BCUT2D eigenvalue weighted by Gasteiger charge is -2.16. The second-order valence-electron chi connectivity index (χ2n) is 2.92. The number of carbonyl (C=O) groups is 1. The first-order valence-corrected chi connectivity index (χ1v) is 4.27. The van der Waals surface area contributed by atoms with E-state index in [1.165, 1.54) is 0 Å². The Kier molecular flexibility index (Phi) is 6.18. The lowest BCUT2D eigenvalue weighted by atomic mass is 10.3. The predicted octanol–water partition coefficient (Wildman–Crippen LogP) is -0.0869. The van der Waals surface area contributed by atoms with Crippen molar-refractivity contribution in [3.63, 3.8) is 0 Å². The van der Waals surface area contributed by atoms with Crippen molar-refractivity contribution in [2.45, 2.75) is 13.0 Å². The minimum Gasteiger partial charge on any atom is -0.456 e. The average molecular weight is 186 g/mol. The van der Waals surface area contributed by atoms with E-state index in [9.17, 15) is 4.79 Å². The third-order valence-electron chi connectivity index (χ3n) is 1.49. The van der Waals surface area contributed by atoms with E-state index in [1.807, 2.05) is 14.1 Å². The van der Waals surface area contributed by atoms with Crippen LogP contribution >= 0.6 is 0 Å². The average Bonchev–Trinajstić information content (AvgIpc) is 2.05. The minimum atomic E-state index is -0.337. The van der Waals surface area contributed by atoms with Gasteiger partial charge < -0.3 is 15.4 Å². The van der Waals surface area contributed by atoms with Crippen LogP contribution in [0.4, 0.5) is 0 Å². The molecule has 0 spiro atoms. The van der Waals surface area contributed by atoms with Crippen LogP contribution in [0.25, 0.3) is 0 Å². The van der Waals surface area contributed by atoms with Crippen LogP contribution in [0.15, 0.2) is 12.2 Å². The zero-order valence-electron chi connectivity index (χ0n) is 8.52. The number of esters is 1. The lowest BCUT2D eigenvalue weighted by Crippen LogP contribution is -2.36. The standard InChI is InChI=1S/C9H18N2O2/c1-7(2)9(12)13-8(5-10-3)6-11-4/h8,10-11H,1,5-6H2,2-4H3. The van der Waals surface area contributed by atoms with Gasteiger partial charge in [-0.05, 0) is 21.0 Å². The van der Waals surface area contributed by atoms with Gasteiger partial charge in [0.1, 0.15) is 6.10 Å². The molecule has 2 N–H and O–H groups in total. The van der Waals surface area contributed by atoms with Gasteiger partial charge in [0.2, 0.25) is 0 Å². The maximum atomic E-state index is 11.1. The van der Waals surface area contributed by atoms with Crippen LogP contribution < -0.4 is 10.6 Å². The summed E-state index contributed by atoms with van der Waals surface area (Å²) >= 11 is 0. The van der Waals surface area contributed by atoms with Gasteiger partial charge >= 0.3 is 5.97 Å². The summed E-state index contributed by atoms with van der Waals surface area (Å²) in [5.74, 6) is -0.337. The lowest BCUT2D eigenvalue weighted by molar-refractivity contribution is -0.143. The molecule has 0 aromatic carbocycles. The van der Waals surface area contributed by atoms with E-state index in [1.54, 1.807) is 6.92 Å². The zero-order chi connectivity index (χ0) is 10.3. The summed E-state index contributed by atoms with van der Waals surface area (Å²) in [6.45, 7) is 6.43. The third-order valence-corrected chi connectivity index (χ3v) is 1.49. The summed E-state index contributed by atoms with van der Waals surface area (Å²) in [6, 6.07) is 0. The molecule has 0 aliphatic rings. The SMILES string of the molecule is C=C(C)C(=O)OC(CNC)CNC. The fourth-order valence-corrected chi connectivity index (χ4v) is 0.863. The van der Waals surface area contributed by atoms with Gasteiger partial charge in [-0.15, -0.1) is 0 Å². The monoisotopic (exact) mass is 186 g/mol. The summed E-state index contributed by atoms with van der Waals surface area (Å²) in [7, 11) is 3.63. The summed E-state index contributed by atoms with van der Waals surface area (Å²) in [6.07, 6.45) is -0.140. The maximum Gasteiger partial charge on any atom is 0.333 e. The van der Waals surface area contributed by atoms with Crippen LogP contribution in [-0.4, -0.2) is 39.3 Å². The molecule has 0 rings (SSSR count). The smallest absolute Gasteiger partial charge is 0.333 e. The molecule has 0 heterocycles. The Morgan fingerprint density at radius 3 is 2.15 bits per heavy atom. The number of hydrogen-bond acceptors (Lipinski definition) is 4. The van der Waals surface area contributed by atoms with Crippen molar-refractivity contribution < 1.29 is 9.53 Å². The largest absolute Gasteiger partial charge is 0.456 e. The van der Waals surface area contributed by atoms with E-state index in [-0.39, 0.29) is 12.1 Å². The molecule has 4 heteroatoms. The van der Waals surface area contributed by atoms with E-state index >= 15 is 0 Å². The fourth-order valence-electron chi connectivity index (χ4n) is 0.863. The molecule has 0 unspecified atom stereocenters. The first-order chi connectivity index (χ1) is 6.11. The zero-order valence-corrected chi connectivity index (χ0v) is 8.52. The van der Waals surface area contributed by atoms with Gasteiger partial charge in [-0.2, -0.15) is 0 Å². The van der Waals surface area contributed by atoms with E-state index in [0.29, 0.717) is 18.7 Å². The number of carbonyl (C=O) groups excluding carboxylic acids is 1. The number of nitrogens with one attached hydrogen (secondary N) is 2. The molecule has 0 aromatic heterocycles. The van der Waals surface area contributed by atoms with Crippen molar-refractivity contribution >= 4 is 5.97 Å². The molecule has 0 amide bonds. The van der Waals surface area contributed by atoms with Crippen LogP contribution in [0.5, 0.6) is 0 Å². The Hall–Kier alpha value is -0.870. The van der Waals surface area contributed by atoms with Gasteiger partial charge in [0.25, 0.3) is 0 Å². The molecular formula is C9H18N2O2. The van der Waals surface area contributed by atoms with Gasteiger partial charge in [-0.3, -0.25) is 0 Å². The van der Waals surface area contributed by atoms with E-state index < -0.39 is 0 Å². The highest BCUT2D eigenvalue weighted by Gasteiger charge is 2.12. The highest BCUT2D eigenvalue weighted by molar-refractivity contribution is 5.87. The molecule has 13 heavy (non-hydrogen) atoms. The number of ether oxygens (including phenoxy) is 1. The number of rotatable bonds is 6. The molecule has 0 radical (unpaired) electrons. The Labute approximate surface area is 79.3 Å². The molecule has 0 aliphatic carbocycles. The molecule has 76 valence electrons. The normalized spacial score (nSPS) is 10.2. The fraction of sp³-hybridized carbons (Fsp3) is 0.667. The predicted molar refractivity (Wildman–Crippen MR) is 52.5 cm³/mol. The van der Waals surface area contributed by atoms with Crippen molar-refractivity contribution in [3.05, 3.63) is 12.2 Å². The highest BCUT2D eigenvalue weighted by atomic mass is 16.5. The van der Waals surface area contributed by atoms with E-state index in [2.05, 4.69) is 17.2 Å². The first kappa shape index (κ1) is 12.1. The van der Waals surface area contributed by atoms with Crippen LogP contribution in [0, 0.1) is 0 Å². The Balaban J connectivity index is 3.93. The number of likely N-dealkylation sites (N-methyl/N-ethyl adjacent to an activating group) is 2. The molecule has 0 saturated heterocycles. The van der Waals surface area contributed by atoms with E-state index in [0.717, 1.165) is 0 Å². The van der Waals surface area contributed by atoms with Crippen molar-refractivity contribution in [2.75, 3.05) is 27.2 Å². The summed E-state index contributed by atoms with van der Waals surface area (Å²) in [4.78, 5) is 11.1. The van der Waals surface area contributed by atoms with Gasteiger partial charge in [0.15, 0.2) is 0 Å². The Bertz CT molecular complexity index is 174. The second kappa shape index (κ2) is 6.62. The highest BCUT2D eigenvalue weighted by Crippen LogP contribution is 1.97. The quantitative estimate of drug-likeness (QED) is 0.450. The summed E-state index contributed by atoms with van der Waals surface area (Å²) in [5, 5.41) is 5.90. The molecule has 0 aromatic rings. The molecular weight excluding hydrogens is 168 g/mol. The van der Waals surface area contributed by atoms with Crippen LogP contribution in [-0.2, 0) is 9.53 Å². The molecule has 4 nitrogen and oxygen atoms in total. The van der Waals surface area contributed by atoms with Gasteiger partial charge in [0, 0.05) is 18.7 Å². The molecule has 0 atom stereocenters. The van der Waals surface area contributed by atoms with Crippen molar-refractivity contribution in [2.24, 2.45) is 0 Å². The van der Waals surface area contributed by atoms with Crippen molar-refractivity contribution in [3.8, 4) is 0 Å². The summed E-state index contributed by atoms with van der Waals surface area (Å²) < 4.78 is 5.13. The maximum absolute atomic E-state index is 11.1. The minimum absolute atomic E-state index is 0.140. The summed E-state index contributed by atoms with van der Waals surface area (Å²) in [5.41, 5.74) is 0.428. The van der Waals surface area contributed by atoms with Gasteiger partial charge in [-0.1, -0.05) is 6.58 Å². The van der Waals surface area contributed by atoms with Gasteiger partial charge in [0.05, 0.1) is 0 Å². The second-order valence-corrected chi connectivity index (χ2v) is 2.92. The molecule has 0 saturated carbocycles. The Morgan fingerprint density at radius 1 is 1.38 bits per heavy atom. The molecule has 0 bridgehead atoms. The van der Waals surface area contributed by atoms with E-state index in [4.69, 9.17) is 4.74 Å².